The van der Waals surface area contributed by atoms with Crippen LogP contribution in [0.3, 0.4) is 0 Å². The maximum Gasteiger partial charge on any atom is 0.142 e. The van der Waals surface area contributed by atoms with Gasteiger partial charge in [-0.1, -0.05) is 30.3 Å². The Morgan fingerprint density at radius 1 is 1.00 bits per heavy atom. The fourth-order valence-corrected chi connectivity index (χ4v) is 2.55. The first-order valence-electron chi connectivity index (χ1n) is 6.36. The molecule has 3 nitrogen and oxygen atoms in total. The van der Waals surface area contributed by atoms with Crippen LogP contribution < -0.4 is 10.1 Å². The third-order valence-electron chi connectivity index (χ3n) is 3.51. The van der Waals surface area contributed by atoms with Crippen LogP contribution >= 0.6 is 0 Å². The zero-order valence-corrected chi connectivity index (χ0v) is 10.3. The number of hydrogen-bond donors (Lipinski definition) is 1. The summed E-state index contributed by atoms with van der Waals surface area (Å²) >= 11 is 0. The lowest BCUT2D eigenvalue weighted by Crippen LogP contribution is -2.23. The van der Waals surface area contributed by atoms with Crippen molar-refractivity contribution in [2.45, 2.75) is 6.04 Å². The molecule has 0 spiro atoms. The van der Waals surface area contributed by atoms with E-state index in [1.165, 1.54) is 0 Å². The van der Waals surface area contributed by atoms with E-state index in [0.717, 1.165) is 28.0 Å². The second-order valence-electron chi connectivity index (χ2n) is 4.69. The van der Waals surface area contributed by atoms with Crippen molar-refractivity contribution in [3.8, 4) is 5.75 Å². The first kappa shape index (κ1) is 10.5. The Kier molecular flexibility index (Phi) is 2.24. The van der Waals surface area contributed by atoms with Crippen molar-refractivity contribution in [2.75, 3.05) is 11.9 Å². The minimum absolute atomic E-state index is 0.124. The van der Waals surface area contributed by atoms with Crippen LogP contribution in [0.4, 0.5) is 5.69 Å². The highest BCUT2D eigenvalue weighted by molar-refractivity contribution is 5.82. The monoisotopic (exact) mass is 251 g/mol. The maximum absolute atomic E-state index is 5.80. The minimum atomic E-state index is 0.124. The standard InChI is InChI=1S/C16H13NO2/c1-3-7-15-11(5-1)12(9-18-15)14-10-19-16-8-4-2-6-13(16)17-14/h1-9,14,17H,10H2. The van der Waals surface area contributed by atoms with Crippen molar-refractivity contribution < 1.29 is 9.15 Å². The van der Waals surface area contributed by atoms with Crippen molar-refractivity contribution in [3.63, 3.8) is 0 Å². The number of hydrogen-bond acceptors (Lipinski definition) is 3. The number of benzene rings is 2. The average molecular weight is 251 g/mol. The predicted octanol–water partition coefficient (Wildman–Crippen LogP) is 3.98. The molecule has 0 saturated carbocycles. The Balaban J connectivity index is 1.75. The molecule has 1 unspecified atom stereocenters. The van der Waals surface area contributed by atoms with Crippen LogP contribution in [-0.2, 0) is 0 Å². The van der Waals surface area contributed by atoms with Gasteiger partial charge >= 0.3 is 0 Å². The fourth-order valence-electron chi connectivity index (χ4n) is 2.55. The Hall–Kier alpha value is -2.42. The third-order valence-corrected chi connectivity index (χ3v) is 3.51. The van der Waals surface area contributed by atoms with Gasteiger partial charge in [-0.05, 0) is 18.2 Å². The Bertz CT molecular complexity index is 732. The molecule has 1 aliphatic heterocycles. The summed E-state index contributed by atoms with van der Waals surface area (Å²) in [7, 11) is 0. The van der Waals surface area contributed by atoms with Crippen molar-refractivity contribution in [1.82, 2.24) is 0 Å². The van der Waals surface area contributed by atoms with E-state index < -0.39 is 0 Å². The van der Waals surface area contributed by atoms with E-state index in [1.807, 2.05) is 48.7 Å². The number of fused-ring (bicyclic) bond motifs is 2. The van der Waals surface area contributed by atoms with Gasteiger partial charge in [0.15, 0.2) is 0 Å². The Labute approximate surface area is 110 Å². The van der Waals surface area contributed by atoms with Gasteiger partial charge in [0.2, 0.25) is 0 Å². The van der Waals surface area contributed by atoms with Gasteiger partial charge in [0, 0.05) is 10.9 Å². The molecule has 3 heteroatoms. The molecule has 0 bridgehead atoms. The van der Waals surface area contributed by atoms with Crippen LogP contribution in [0, 0.1) is 0 Å². The molecule has 0 amide bonds. The van der Waals surface area contributed by atoms with Crippen LogP contribution in [0.15, 0.2) is 59.2 Å². The topological polar surface area (TPSA) is 34.4 Å². The normalized spacial score (nSPS) is 17.6. The number of nitrogens with one attached hydrogen (secondary N) is 1. The summed E-state index contributed by atoms with van der Waals surface area (Å²) in [4.78, 5) is 0. The molecule has 2 heterocycles. The number of anilines is 1. The van der Waals surface area contributed by atoms with Crippen LogP contribution in [0.5, 0.6) is 5.75 Å². The first-order valence-corrected chi connectivity index (χ1v) is 6.36. The number of ether oxygens (including phenoxy) is 1. The Morgan fingerprint density at radius 2 is 1.84 bits per heavy atom. The highest BCUT2D eigenvalue weighted by atomic mass is 16.5. The van der Waals surface area contributed by atoms with E-state index >= 15 is 0 Å². The first-order chi connectivity index (χ1) is 9.42. The lowest BCUT2D eigenvalue weighted by atomic mass is 10.0. The van der Waals surface area contributed by atoms with Gasteiger partial charge in [-0.2, -0.15) is 0 Å². The number of furan rings is 1. The van der Waals surface area contributed by atoms with E-state index in [-0.39, 0.29) is 6.04 Å². The van der Waals surface area contributed by atoms with Gasteiger partial charge in [-0.3, -0.25) is 0 Å². The SMILES string of the molecule is c1ccc2c(c1)NC(c1coc3ccccc13)CO2. The minimum Gasteiger partial charge on any atom is -0.489 e. The van der Waals surface area contributed by atoms with Crippen molar-refractivity contribution >= 4 is 16.7 Å². The van der Waals surface area contributed by atoms with Crippen LogP contribution in [-0.4, -0.2) is 6.61 Å². The number of para-hydroxylation sites is 3. The molecule has 0 fully saturated rings. The van der Waals surface area contributed by atoms with E-state index in [2.05, 4.69) is 11.4 Å². The average Bonchev–Trinajstić information content (AvgIpc) is 2.91. The zero-order valence-electron chi connectivity index (χ0n) is 10.3. The maximum atomic E-state index is 5.80. The Morgan fingerprint density at radius 3 is 2.84 bits per heavy atom. The van der Waals surface area contributed by atoms with Gasteiger partial charge in [0.1, 0.15) is 17.9 Å². The molecule has 0 aliphatic carbocycles. The summed E-state index contributed by atoms with van der Waals surface area (Å²) in [5.41, 5.74) is 3.09. The van der Waals surface area contributed by atoms with Gasteiger partial charge in [-0.15, -0.1) is 0 Å². The van der Waals surface area contributed by atoms with Crippen molar-refractivity contribution in [1.29, 1.82) is 0 Å². The largest absolute Gasteiger partial charge is 0.489 e. The van der Waals surface area contributed by atoms with E-state index in [1.54, 1.807) is 0 Å². The predicted molar refractivity (Wildman–Crippen MR) is 74.5 cm³/mol. The van der Waals surface area contributed by atoms with Crippen LogP contribution in [0.2, 0.25) is 0 Å². The fraction of sp³-hybridized carbons (Fsp3) is 0.125. The molecule has 1 atom stereocenters. The summed E-state index contributed by atoms with van der Waals surface area (Å²) in [5, 5.41) is 4.65. The van der Waals surface area contributed by atoms with E-state index in [0.29, 0.717) is 6.61 Å². The van der Waals surface area contributed by atoms with E-state index in [4.69, 9.17) is 9.15 Å². The highest BCUT2D eigenvalue weighted by Gasteiger charge is 2.23. The highest BCUT2D eigenvalue weighted by Crippen LogP contribution is 2.36. The van der Waals surface area contributed by atoms with Gasteiger partial charge in [0.25, 0.3) is 0 Å². The number of rotatable bonds is 1. The molecule has 0 saturated heterocycles. The molecule has 3 aromatic rings. The van der Waals surface area contributed by atoms with Crippen LogP contribution in [0.25, 0.3) is 11.0 Å². The summed E-state index contributed by atoms with van der Waals surface area (Å²) in [5.74, 6) is 0.909. The van der Waals surface area contributed by atoms with Gasteiger partial charge in [0.05, 0.1) is 18.0 Å². The zero-order chi connectivity index (χ0) is 12.7. The summed E-state index contributed by atoms with van der Waals surface area (Å²) in [6.07, 6.45) is 1.82. The third kappa shape index (κ3) is 1.66. The van der Waals surface area contributed by atoms with Gasteiger partial charge < -0.3 is 14.5 Å². The van der Waals surface area contributed by atoms with Crippen molar-refractivity contribution in [2.24, 2.45) is 0 Å². The molecule has 94 valence electrons. The summed E-state index contributed by atoms with van der Waals surface area (Å²) < 4.78 is 11.4. The molecule has 4 rings (SSSR count). The molecule has 1 N–H and O–H groups in total. The molecule has 1 aliphatic rings. The molecule has 2 aromatic carbocycles. The lowest BCUT2D eigenvalue weighted by molar-refractivity contribution is 0.286. The molecule has 19 heavy (non-hydrogen) atoms. The van der Waals surface area contributed by atoms with Gasteiger partial charge in [-0.25, -0.2) is 0 Å². The second kappa shape index (κ2) is 4.05. The molecule has 0 radical (unpaired) electrons. The smallest absolute Gasteiger partial charge is 0.142 e. The summed E-state index contributed by atoms with van der Waals surface area (Å²) in [6.45, 7) is 0.612. The molecule has 1 aromatic heterocycles. The molecular weight excluding hydrogens is 238 g/mol. The lowest BCUT2D eigenvalue weighted by Gasteiger charge is -2.26. The quantitative estimate of drug-likeness (QED) is 0.710. The summed E-state index contributed by atoms with van der Waals surface area (Å²) in [6, 6.07) is 16.2. The van der Waals surface area contributed by atoms with Crippen LogP contribution in [0.1, 0.15) is 11.6 Å². The second-order valence-corrected chi connectivity index (χ2v) is 4.69. The van der Waals surface area contributed by atoms with E-state index in [9.17, 15) is 0 Å². The molecular formula is C16H13NO2. The van der Waals surface area contributed by atoms with Crippen molar-refractivity contribution in [3.05, 3.63) is 60.4 Å².